The summed E-state index contributed by atoms with van der Waals surface area (Å²) >= 11 is 5.93. The minimum absolute atomic E-state index is 0.312. The Kier molecular flexibility index (Phi) is 7.95. The molecule has 0 bridgehead atoms. The highest BCUT2D eigenvalue weighted by Gasteiger charge is 2.14. The summed E-state index contributed by atoms with van der Waals surface area (Å²) in [6, 6.07) is 34.3. The first-order chi connectivity index (χ1) is 19.1. The average Bonchev–Trinajstić information content (AvgIpc) is 2.98. The molecule has 1 N–H and O–H groups in total. The third kappa shape index (κ3) is 6.50. The van der Waals surface area contributed by atoms with Crippen molar-refractivity contribution in [2.75, 3.05) is 0 Å². The number of hydrogen-bond acceptors (Lipinski definition) is 5. The number of nitrogens with zero attached hydrogens (tertiary/aromatic N) is 1. The minimum Gasteiger partial charge on any atom is -0.489 e. The first-order valence-electron chi connectivity index (χ1n) is 12.2. The van der Waals surface area contributed by atoms with Crippen molar-refractivity contribution < 1.29 is 19.1 Å². The summed E-state index contributed by atoms with van der Waals surface area (Å²) in [5.41, 5.74) is 4.94. The first-order valence-corrected chi connectivity index (χ1v) is 12.5. The van der Waals surface area contributed by atoms with E-state index in [4.69, 9.17) is 21.1 Å². The summed E-state index contributed by atoms with van der Waals surface area (Å²) in [6.45, 7) is 0.437. The largest absolute Gasteiger partial charge is 0.489 e. The maximum Gasteiger partial charge on any atom is 0.343 e. The lowest BCUT2D eigenvalue weighted by Crippen LogP contribution is -2.17. The van der Waals surface area contributed by atoms with Crippen LogP contribution in [0.1, 0.15) is 31.8 Å². The Bertz CT molecular complexity index is 1630. The molecule has 0 heterocycles. The molecule has 0 saturated heterocycles. The number of esters is 1. The Labute approximate surface area is 230 Å². The van der Waals surface area contributed by atoms with Crippen molar-refractivity contribution in [2.24, 2.45) is 5.10 Å². The van der Waals surface area contributed by atoms with Gasteiger partial charge in [0.1, 0.15) is 18.1 Å². The number of benzene rings is 5. The molecule has 0 fully saturated rings. The van der Waals surface area contributed by atoms with Crippen molar-refractivity contribution in [3.8, 4) is 11.5 Å². The molecule has 7 heteroatoms. The van der Waals surface area contributed by atoms with Gasteiger partial charge in [-0.25, -0.2) is 10.2 Å². The van der Waals surface area contributed by atoms with Gasteiger partial charge in [0, 0.05) is 16.1 Å². The molecular weight excluding hydrogens is 512 g/mol. The van der Waals surface area contributed by atoms with E-state index in [1.165, 1.54) is 6.21 Å². The highest BCUT2D eigenvalue weighted by atomic mass is 35.5. The molecule has 5 aromatic carbocycles. The fourth-order valence-corrected chi connectivity index (χ4v) is 4.03. The van der Waals surface area contributed by atoms with Crippen LogP contribution >= 0.6 is 11.6 Å². The molecule has 0 aliphatic rings. The van der Waals surface area contributed by atoms with E-state index in [1.54, 1.807) is 54.6 Å². The van der Waals surface area contributed by atoms with Crippen molar-refractivity contribution in [2.45, 2.75) is 6.61 Å². The third-order valence-corrected chi connectivity index (χ3v) is 6.19. The third-order valence-electron chi connectivity index (χ3n) is 5.94. The number of hydrazone groups is 1. The van der Waals surface area contributed by atoms with Crippen LogP contribution < -0.4 is 14.9 Å². The molecule has 0 aromatic heterocycles. The van der Waals surface area contributed by atoms with Crippen molar-refractivity contribution in [1.29, 1.82) is 0 Å². The number of rotatable bonds is 8. The molecule has 5 rings (SSSR count). The van der Waals surface area contributed by atoms with Crippen molar-refractivity contribution >= 4 is 40.5 Å². The molecule has 0 unspecified atom stereocenters. The van der Waals surface area contributed by atoms with Crippen molar-refractivity contribution in [1.82, 2.24) is 5.43 Å². The monoisotopic (exact) mass is 534 g/mol. The average molecular weight is 535 g/mol. The van der Waals surface area contributed by atoms with Gasteiger partial charge in [-0.15, -0.1) is 0 Å². The topological polar surface area (TPSA) is 77.0 Å². The molecule has 0 atom stereocenters. The van der Waals surface area contributed by atoms with Crippen LogP contribution in [0.25, 0.3) is 10.8 Å². The maximum absolute atomic E-state index is 12.7. The van der Waals surface area contributed by atoms with Gasteiger partial charge in [0.2, 0.25) is 0 Å². The lowest BCUT2D eigenvalue weighted by Gasteiger charge is -2.11. The highest BCUT2D eigenvalue weighted by molar-refractivity contribution is 6.30. The summed E-state index contributed by atoms with van der Waals surface area (Å²) in [5.74, 6) is 0.0457. The molecule has 0 aliphatic heterocycles. The van der Waals surface area contributed by atoms with Gasteiger partial charge in [0.15, 0.2) is 0 Å². The van der Waals surface area contributed by atoms with Crippen LogP contribution in [0.15, 0.2) is 120 Å². The van der Waals surface area contributed by atoms with Crippen LogP contribution in [0.3, 0.4) is 0 Å². The van der Waals surface area contributed by atoms with Crippen LogP contribution in [-0.4, -0.2) is 18.1 Å². The van der Waals surface area contributed by atoms with Gasteiger partial charge < -0.3 is 9.47 Å². The lowest BCUT2D eigenvalue weighted by molar-refractivity contribution is 0.0734. The van der Waals surface area contributed by atoms with Gasteiger partial charge in [-0.1, -0.05) is 72.3 Å². The second-order valence-corrected chi connectivity index (χ2v) is 9.03. The minimum atomic E-state index is -0.532. The Morgan fingerprint density at radius 2 is 1.46 bits per heavy atom. The van der Waals surface area contributed by atoms with E-state index in [0.29, 0.717) is 39.8 Å². The molecule has 192 valence electrons. The predicted octanol–water partition coefficient (Wildman–Crippen LogP) is 7.06. The molecule has 5 aromatic rings. The second kappa shape index (κ2) is 12.1. The SMILES string of the molecule is O=C(N/N=C/c1c(OC(=O)c2ccc(Cl)cc2)ccc2ccccc12)c1ccc(OCc2ccccc2)cc1. The van der Waals surface area contributed by atoms with E-state index < -0.39 is 5.97 Å². The maximum atomic E-state index is 12.7. The van der Waals surface area contributed by atoms with E-state index in [2.05, 4.69) is 10.5 Å². The molecule has 1 amide bonds. The summed E-state index contributed by atoms with van der Waals surface area (Å²) in [5, 5.41) is 6.43. The van der Waals surface area contributed by atoms with E-state index in [-0.39, 0.29) is 5.91 Å². The number of hydrogen-bond donors (Lipinski definition) is 1. The zero-order valence-electron chi connectivity index (χ0n) is 20.7. The predicted molar refractivity (Wildman–Crippen MR) is 153 cm³/mol. The number of carbonyl (C=O) groups is 2. The molecular formula is C32H23ClN2O4. The van der Waals surface area contributed by atoms with Crippen LogP contribution in [0.5, 0.6) is 11.5 Å². The van der Waals surface area contributed by atoms with Crippen LogP contribution in [-0.2, 0) is 6.61 Å². The fourth-order valence-electron chi connectivity index (χ4n) is 3.91. The summed E-state index contributed by atoms with van der Waals surface area (Å²) in [4.78, 5) is 25.4. The smallest absolute Gasteiger partial charge is 0.343 e. The first kappa shape index (κ1) is 25.7. The number of carbonyl (C=O) groups excluding carboxylic acids is 2. The molecule has 0 spiro atoms. The Hall–Kier alpha value is -4.94. The van der Waals surface area contributed by atoms with Crippen LogP contribution in [0, 0.1) is 0 Å². The zero-order valence-corrected chi connectivity index (χ0v) is 21.5. The van der Waals surface area contributed by atoms with E-state index in [1.807, 2.05) is 60.7 Å². The number of ether oxygens (including phenoxy) is 2. The molecule has 6 nitrogen and oxygen atoms in total. The Balaban J connectivity index is 1.29. The number of amides is 1. The van der Waals surface area contributed by atoms with Gasteiger partial charge in [-0.05, 0) is 70.9 Å². The normalized spacial score (nSPS) is 10.9. The van der Waals surface area contributed by atoms with Crippen LogP contribution in [0.4, 0.5) is 0 Å². The fraction of sp³-hybridized carbons (Fsp3) is 0.0312. The molecule has 0 aliphatic carbocycles. The molecule has 0 saturated carbocycles. The van der Waals surface area contributed by atoms with Gasteiger partial charge in [-0.3, -0.25) is 4.79 Å². The van der Waals surface area contributed by atoms with Gasteiger partial charge in [0.25, 0.3) is 5.91 Å². The number of fused-ring (bicyclic) bond motifs is 1. The lowest BCUT2D eigenvalue weighted by atomic mass is 10.0. The quantitative estimate of drug-likeness (QED) is 0.100. The van der Waals surface area contributed by atoms with Crippen molar-refractivity contribution in [3.05, 3.63) is 143 Å². The summed E-state index contributed by atoms with van der Waals surface area (Å²) < 4.78 is 11.5. The second-order valence-electron chi connectivity index (χ2n) is 8.59. The zero-order chi connectivity index (χ0) is 27.0. The summed E-state index contributed by atoms with van der Waals surface area (Å²) in [6.07, 6.45) is 1.47. The van der Waals surface area contributed by atoms with Gasteiger partial charge in [-0.2, -0.15) is 5.10 Å². The molecule has 39 heavy (non-hydrogen) atoms. The Morgan fingerprint density at radius 3 is 2.23 bits per heavy atom. The number of halogens is 1. The Morgan fingerprint density at radius 1 is 0.769 bits per heavy atom. The van der Waals surface area contributed by atoms with E-state index in [9.17, 15) is 9.59 Å². The van der Waals surface area contributed by atoms with Gasteiger partial charge in [0.05, 0.1) is 11.8 Å². The van der Waals surface area contributed by atoms with Crippen molar-refractivity contribution in [3.63, 3.8) is 0 Å². The summed E-state index contributed by atoms with van der Waals surface area (Å²) in [7, 11) is 0. The van der Waals surface area contributed by atoms with Crippen LogP contribution in [0.2, 0.25) is 5.02 Å². The highest BCUT2D eigenvalue weighted by Crippen LogP contribution is 2.27. The van der Waals surface area contributed by atoms with Gasteiger partial charge >= 0.3 is 5.97 Å². The number of nitrogens with one attached hydrogen (secondary N) is 1. The van der Waals surface area contributed by atoms with E-state index in [0.717, 1.165) is 16.3 Å². The standard InChI is InChI=1S/C32H23ClN2O4/c33-26-15-10-25(11-16-26)32(37)39-30-19-14-23-8-4-5-9-28(23)29(30)20-34-35-31(36)24-12-17-27(18-13-24)38-21-22-6-2-1-3-7-22/h1-20H,21H2,(H,35,36)/b34-20+. The van der Waals surface area contributed by atoms with E-state index >= 15 is 0 Å². The molecule has 0 radical (unpaired) electrons.